The molecule has 3 rings (SSSR count). The van der Waals surface area contributed by atoms with Gasteiger partial charge in [-0.1, -0.05) is 11.8 Å². The highest BCUT2D eigenvalue weighted by Crippen LogP contribution is 2.28. The van der Waals surface area contributed by atoms with Crippen LogP contribution >= 0.6 is 11.8 Å². The Hall–Kier alpha value is -2.10. The van der Waals surface area contributed by atoms with Gasteiger partial charge in [-0.15, -0.1) is 0 Å². The molecule has 1 fully saturated rings. The average Bonchev–Trinajstić information content (AvgIpc) is 2.50. The molecule has 0 spiro atoms. The van der Waals surface area contributed by atoms with Gasteiger partial charge in [-0.05, 0) is 19.2 Å². The van der Waals surface area contributed by atoms with Crippen LogP contribution in [0.4, 0.5) is 19.0 Å². The van der Waals surface area contributed by atoms with Gasteiger partial charge < -0.3 is 4.90 Å². The van der Waals surface area contributed by atoms with Crippen LogP contribution in [0.1, 0.15) is 11.4 Å². The van der Waals surface area contributed by atoms with E-state index in [-0.39, 0.29) is 12.5 Å². The molecule has 0 radical (unpaired) electrons. The third-order valence-electron chi connectivity index (χ3n) is 3.87. The number of alkyl halides is 3. The van der Waals surface area contributed by atoms with E-state index >= 15 is 0 Å². The van der Waals surface area contributed by atoms with E-state index in [1.807, 2.05) is 24.1 Å². The monoisotopic (exact) mass is 371 g/mol. The highest BCUT2D eigenvalue weighted by Gasteiger charge is 2.34. The molecule has 134 valence electrons. The fourth-order valence-electron chi connectivity index (χ4n) is 2.63. The van der Waals surface area contributed by atoms with Crippen LogP contribution in [0.2, 0.25) is 0 Å². The first-order valence-corrected chi connectivity index (χ1v) is 8.78. The Morgan fingerprint density at radius 1 is 1.28 bits per heavy atom. The van der Waals surface area contributed by atoms with Gasteiger partial charge in [0.2, 0.25) is 0 Å². The van der Waals surface area contributed by atoms with Crippen molar-refractivity contribution in [1.29, 1.82) is 0 Å². The third kappa shape index (κ3) is 3.94. The summed E-state index contributed by atoms with van der Waals surface area (Å²) in [5.74, 6) is 0.833. The van der Waals surface area contributed by atoms with Crippen molar-refractivity contribution in [1.82, 2.24) is 19.7 Å². The van der Waals surface area contributed by atoms with Crippen molar-refractivity contribution in [2.24, 2.45) is 5.92 Å². The van der Waals surface area contributed by atoms with E-state index in [4.69, 9.17) is 0 Å². The fraction of sp³-hybridized carbons (Fsp3) is 0.467. The summed E-state index contributed by atoms with van der Waals surface area (Å²) < 4.78 is 39.1. The lowest BCUT2D eigenvalue weighted by molar-refractivity contribution is -0.142. The number of thioether (sulfide) groups is 1. The van der Waals surface area contributed by atoms with Gasteiger partial charge in [-0.3, -0.25) is 4.79 Å². The second-order valence-electron chi connectivity index (χ2n) is 5.86. The van der Waals surface area contributed by atoms with E-state index < -0.39 is 17.4 Å². The molecule has 6 nitrogen and oxygen atoms in total. The molecule has 10 heteroatoms. The van der Waals surface area contributed by atoms with E-state index in [9.17, 15) is 18.0 Å². The third-order valence-corrected chi connectivity index (χ3v) is 4.42. The molecule has 3 heterocycles. The molecule has 2 aromatic rings. The molecule has 1 aliphatic rings. The number of aryl methyl sites for hydroxylation is 1. The van der Waals surface area contributed by atoms with Gasteiger partial charge in [0.05, 0.1) is 6.54 Å². The number of hydrogen-bond acceptors (Lipinski definition) is 6. The van der Waals surface area contributed by atoms with E-state index in [0.29, 0.717) is 24.3 Å². The zero-order chi connectivity index (χ0) is 18.2. The van der Waals surface area contributed by atoms with Crippen molar-refractivity contribution in [3.8, 4) is 0 Å². The fourth-order valence-corrected chi connectivity index (χ4v) is 3.05. The summed E-state index contributed by atoms with van der Waals surface area (Å²) >= 11 is 1.45. The predicted octanol–water partition coefficient (Wildman–Crippen LogP) is 2.22. The van der Waals surface area contributed by atoms with Gasteiger partial charge >= 0.3 is 6.18 Å². The first kappa shape index (κ1) is 17.7. The second-order valence-corrected chi connectivity index (χ2v) is 6.64. The quantitative estimate of drug-likeness (QED) is 0.607. The lowest BCUT2D eigenvalue weighted by Gasteiger charge is -2.40. The standard InChI is InChI=1S/C15H16F3N5OS/c1-9-5-12(20-14(19-9)25-2)22-6-10(7-22)8-23-13(24)4-3-11(21-23)15(16,17)18/h3-5,10H,6-8H2,1-2H3. The molecule has 0 atom stereocenters. The molecule has 0 aromatic carbocycles. The molecule has 2 aromatic heterocycles. The van der Waals surface area contributed by atoms with Gasteiger partial charge in [-0.2, -0.15) is 18.3 Å². The van der Waals surface area contributed by atoms with Gasteiger partial charge in [0.15, 0.2) is 10.9 Å². The topological polar surface area (TPSA) is 63.9 Å². The van der Waals surface area contributed by atoms with Gasteiger partial charge in [-0.25, -0.2) is 14.6 Å². The molecule has 0 saturated carbocycles. The maximum absolute atomic E-state index is 12.7. The molecule has 0 aliphatic carbocycles. The molecule has 1 aliphatic heterocycles. The lowest BCUT2D eigenvalue weighted by atomic mass is 10.0. The largest absolute Gasteiger partial charge is 0.435 e. The minimum atomic E-state index is -4.56. The van der Waals surface area contributed by atoms with Crippen LogP contribution in [-0.2, 0) is 12.7 Å². The summed E-state index contributed by atoms with van der Waals surface area (Å²) in [6, 6.07) is 3.48. The molecule has 0 N–H and O–H groups in total. The van der Waals surface area contributed by atoms with E-state index in [1.54, 1.807) is 0 Å². The summed E-state index contributed by atoms with van der Waals surface area (Å²) in [5, 5.41) is 4.11. The summed E-state index contributed by atoms with van der Waals surface area (Å²) in [5.41, 5.74) is -0.734. The van der Waals surface area contributed by atoms with Crippen molar-refractivity contribution in [3.63, 3.8) is 0 Å². The van der Waals surface area contributed by atoms with E-state index in [1.165, 1.54) is 11.8 Å². The van der Waals surface area contributed by atoms with Crippen LogP contribution in [0.5, 0.6) is 0 Å². The first-order valence-electron chi connectivity index (χ1n) is 7.56. The van der Waals surface area contributed by atoms with Crippen LogP contribution in [0, 0.1) is 12.8 Å². The van der Waals surface area contributed by atoms with Gasteiger partial charge in [0.25, 0.3) is 5.56 Å². The van der Waals surface area contributed by atoms with E-state index in [2.05, 4.69) is 15.1 Å². The SMILES string of the molecule is CSc1nc(C)cc(N2CC(Cn3nc(C(F)(F)F)ccc3=O)C2)n1. The summed E-state index contributed by atoms with van der Waals surface area (Å²) in [4.78, 5) is 22.5. The van der Waals surface area contributed by atoms with Crippen LogP contribution < -0.4 is 10.5 Å². The molecular formula is C15H16F3N5OS. The Kier molecular flexibility index (Phi) is 4.72. The smallest absolute Gasteiger partial charge is 0.356 e. The molecule has 0 bridgehead atoms. The van der Waals surface area contributed by atoms with Crippen molar-refractivity contribution in [3.05, 3.63) is 39.9 Å². The Morgan fingerprint density at radius 2 is 2.00 bits per heavy atom. The molecule has 1 saturated heterocycles. The van der Waals surface area contributed by atoms with Gasteiger partial charge in [0.1, 0.15) is 5.82 Å². The number of aromatic nitrogens is 4. The predicted molar refractivity (Wildman–Crippen MR) is 87.8 cm³/mol. The van der Waals surface area contributed by atoms with Crippen molar-refractivity contribution in [2.45, 2.75) is 24.8 Å². The minimum absolute atomic E-state index is 0.0432. The van der Waals surface area contributed by atoms with Crippen molar-refractivity contribution in [2.75, 3.05) is 24.2 Å². The minimum Gasteiger partial charge on any atom is -0.356 e. The maximum Gasteiger partial charge on any atom is 0.435 e. The average molecular weight is 371 g/mol. The van der Waals surface area contributed by atoms with Crippen LogP contribution in [-0.4, -0.2) is 39.1 Å². The number of halogens is 3. The Morgan fingerprint density at radius 3 is 2.64 bits per heavy atom. The summed E-state index contributed by atoms with van der Waals surface area (Å²) in [7, 11) is 0. The van der Waals surface area contributed by atoms with E-state index in [0.717, 1.165) is 22.3 Å². The summed E-state index contributed by atoms with van der Waals surface area (Å²) in [6.45, 7) is 3.25. The summed E-state index contributed by atoms with van der Waals surface area (Å²) in [6.07, 6.45) is -2.67. The first-order chi connectivity index (χ1) is 11.8. The van der Waals surface area contributed by atoms with Crippen LogP contribution in [0.15, 0.2) is 28.2 Å². The second kappa shape index (κ2) is 6.66. The molecule has 0 unspecified atom stereocenters. The lowest BCUT2D eigenvalue weighted by Crippen LogP contribution is -2.50. The maximum atomic E-state index is 12.7. The van der Waals surface area contributed by atoms with Gasteiger partial charge in [0, 0.05) is 36.8 Å². The Bertz CT molecular complexity index is 833. The number of hydrogen-bond donors (Lipinski definition) is 0. The Labute approximate surface area is 146 Å². The normalized spacial score (nSPS) is 15.3. The molecular weight excluding hydrogens is 355 g/mol. The van der Waals surface area contributed by atoms with Crippen LogP contribution in [0.3, 0.4) is 0 Å². The molecule has 0 amide bonds. The van der Waals surface area contributed by atoms with Crippen molar-refractivity contribution >= 4 is 17.6 Å². The highest BCUT2D eigenvalue weighted by atomic mass is 32.2. The zero-order valence-corrected chi connectivity index (χ0v) is 14.4. The Balaban J connectivity index is 1.68. The van der Waals surface area contributed by atoms with Crippen LogP contribution in [0.25, 0.3) is 0 Å². The number of anilines is 1. The number of rotatable bonds is 4. The zero-order valence-electron chi connectivity index (χ0n) is 13.6. The molecule has 25 heavy (non-hydrogen) atoms. The number of nitrogens with zero attached hydrogens (tertiary/aromatic N) is 5. The van der Waals surface area contributed by atoms with Crippen molar-refractivity contribution < 1.29 is 13.2 Å². The highest BCUT2D eigenvalue weighted by molar-refractivity contribution is 7.98.